The van der Waals surface area contributed by atoms with Crippen LogP contribution in [0.4, 0.5) is 0 Å². The van der Waals surface area contributed by atoms with Crippen LogP contribution in [0.2, 0.25) is 0 Å². The number of carbonyl (C=O) groups is 2. The lowest BCUT2D eigenvalue weighted by Gasteiger charge is -2.39. The highest BCUT2D eigenvalue weighted by molar-refractivity contribution is 7.08. The van der Waals surface area contributed by atoms with Crippen molar-refractivity contribution in [3.05, 3.63) is 22.4 Å². The quantitative estimate of drug-likeness (QED) is 0.832. The molecule has 2 aliphatic rings. The summed E-state index contributed by atoms with van der Waals surface area (Å²) in [6, 6.07) is 1.86. The Bertz CT molecular complexity index is 542. The molecule has 2 amide bonds. The molecule has 5 nitrogen and oxygen atoms in total. The summed E-state index contributed by atoms with van der Waals surface area (Å²) >= 11 is 1.54. The summed E-state index contributed by atoms with van der Waals surface area (Å²) in [5, 5.41) is 3.81. The van der Waals surface area contributed by atoms with E-state index in [4.69, 9.17) is 4.74 Å². The number of piperidine rings is 1. The second-order valence-corrected chi connectivity index (χ2v) is 7.36. The van der Waals surface area contributed by atoms with Crippen LogP contribution in [0.5, 0.6) is 0 Å². The van der Waals surface area contributed by atoms with E-state index >= 15 is 0 Å². The Balaban J connectivity index is 1.54. The molecule has 23 heavy (non-hydrogen) atoms. The minimum atomic E-state index is 0.0408. The highest BCUT2D eigenvalue weighted by atomic mass is 32.1. The number of carbonyl (C=O) groups excluding carboxylic acids is 2. The third-order valence-electron chi connectivity index (χ3n) is 4.63. The first-order chi connectivity index (χ1) is 11.0. The molecule has 2 fully saturated rings. The van der Waals surface area contributed by atoms with Gasteiger partial charge >= 0.3 is 0 Å². The molecule has 0 aromatic carbocycles. The van der Waals surface area contributed by atoms with Gasteiger partial charge in [0, 0.05) is 37.5 Å². The lowest BCUT2D eigenvalue weighted by molar-refractivity contribution is -0.148. The molecule has 0 radical (unpaired) electrons. The largest absolute Gasteiger partial charge is 0.372 e. The van der Waals surface area contributed by atoms with Crippen LogP contribution < -0.4 is 0 Å². The van der Waals surface area contributed by atoms with Gasteiger partial charge in [0.15, 0.2) is 0 Å². The number of hydrogen-bond acceptors (Lipinski definition) is 4. The molecule has 0 aliphatic carbocycles. The summed E-state index contributed by atoms with van der Waals surface area (Å²) in [5.41, 5.74) is 0.760. The van der Waals surface area contributed by atoms with Crippen molar-refractivity contribution in [1.29, 1.82) is 0 Å². The van der Waals surface area contributed by atoms with Crippen LogP contribution in [0.3, 0.4) is 0 Å². The number of rotatable bonds is 2. The van der Waals surface area contributed by atoms with E-state index in [1.165, 1.54) is 11.3 Å². The summed E-state index contributed by atoms with van der Waals surface area (Å²) in [7, 11) is 0. The van der Waals surface area contributed by atoms with Gasteiger partial charge in [-0.1, -0.05) is 0 Å². The van der Waals surface area contributed by atoms with Gasteiger partial charge in [0.2, 0.25) is 5.91 Å². The van der Waals surface area contributed by atoms with Gasteiger partial charge in [-0.3, -0.25) is 9.59 Å². The summed E-state index contributed by atoms with van der Waals surface area (Å²) in [4.78, 5) is 28.9. The molecule has 1 aromatic rings. The van der Waals surface area contributed by atoms with Gasteiger partial charge in [0.25, 0.3) is 5.91 Å². The van der Waals surface area contributed by atoms with Gasteiger partial charge in [-0.2, -0.15) is 11.3 Å². The fraction of sp³-hybridized carbons (Fsp3) is 0.647. The third kappa shape index (κ3) is 3.75. The normalized spacial score (nSPS) is 26.3. The molecule has 3 rings (SSSR count). The van der Waals surface area contributed by atoms with Crippen molar-refractivity contribution in [3.63, 3.8) is 0 Å². The van der Waals surface area contributed by atoms with Crippen LogP contribution >= 0.6 is 11.3 Å². The molecule has 1 aromatic heterocycles. The highest BCUT2D eigenvalue weighted by Gasteiger charge is 2.33. The summed E-state index contributed by atoms with van der Waals surface area (Å²) in [6.07, 6.45) is 1.72. The molecule has 126 valence electrons. The Kier molecular flexibility index (Phi) is 5.02. The first kappa shape index (κ1) is 16.5. The Morgan fingerprint density at radius 3 is 2.35 bits per heavy atom. The van der Waals surface area contributed by atoms with Gasteiger partial charge < -0.3 is 14.5 Å². The fourth-order valence-electron chi connectivity index (χ4n) is 3.51. The lowest BCUT2D eigenvalue weighted by atomic mass is 9.94. The number of thiophene rings is 1. The van der Waals surface area contributed by atoms with E-state index in [2.05, 4.69) is 0 Å². The average Bonchev–Trinajstić information content (AvgIpc) is 3.07. The van der Waals surface area contributed by atoms with Gasteiger partial charge in [-0.25, -0.2) is 0 Å². The smallest absolute Gasteiger partial charge is 0.254 e. The predicted octanol–water partition coefficient (Wildman–Crippen LogP) is 2.24. The maximum atomic E-state index is 12.7. The highest BCUT2D eigenvalue weighted by Crippen LogP contribution is 2.23. The Labute approximate surface area is 141 Å². The maximum Gasteiger partial charge on any atom is 0.254 e. The number of ether oxygens (including phenoxy) is 1. The number of nitrogens with zero attached hydrogens (tertiary/aromatic N) is 2. The van der Waals surface area contributed by atoms with Crippen LogP contribution in [0.1, 0.15) is 37.0 Å². The van der Waals surface area contributed by atoms with E-state index in [1.807, 2.05) is 40.5 Å². The summed E-state index contributed by atoms with van der Waals surface area (Å²) < 4.78 is 5.70. The Hall–Kier alpha value is -1.40. The van der Waals surface area contributed by atoms with Crippen molar-refractivity contribution in [2.45, 2.75) is 38.9 Å². The van der Waals surface area contributed by atoms with Crippen LogP contribution in [0.25, 0.3) is 0 Å². The summed E-state index contributed by atoms with van der Waals surface area (Å²) in [5.74, 6) is 0.361. The lowest BCUT2D eigenvalue weighted by Crippen LogP contribution is -2.51. The Morgan fingerprint density at radius 1 is 1.13 bits per heavy atom. The van der Waals surface area contributed by atoms with Crippen molar-refractivity contribution in [2.75, 3.05) is 26.2 Å². The third-order valence-corrected chi connectivity index (χ3v) is 5.31. The molecule has 2 atom stereocenters. The zero-order valence-corrected chi connectivity index (χ0v) is 14.6. The second kappa shape index (κ2) is 7.01. The van der Waals surface area contributed by atoms with E-state index < -0.39 is 0 Å². The van der Waals surface area contributed by atoms with Crippen molar-refractivity contribution >= 4 is 23.2 Å². The van der Waals surface area contributed by atoms with E-state index in [0.29, 0.717) is 26.2 Å². The minimum Gasteiger partial charge on any atom is -0.372 e. The predicted molar refractivity (Wildman–Crippen MR) is 89.5 cm³/mol. The van der Waals surface area contributed by atoms with E-state index in [-0.39, 0.29) is 29.9 Å². The molecule has 0 saturated carbocycles. The summed E-state index contributed by atoms with van der Waals surface area (Å²) in [6.45, 7) is 6.71. The van der Waals surface area contributed by atoms with Crippen molar-refractivity contribution < 1.29 is 14.3 Å². The molecular formula is C17H24N2O3S. The van der Waals surface area contributed by atoms with Gasteiger partial charge in [-0.05, 0) is 38.1 Å². The van der Waals surface area contributed by atoms with Gasteiger partial charge in [0.1, 0.15) is 0 Å². The fourth-order valence-corrected chi connectivity index (χ4v) is 4.14. The minimum absolute atomic E-state index is 0.0408. The zero-order chi connectivity index (χ0) is 16.4. The topological polar surface area (TPSA) is 49.9 Å². The second-order valence-electron chi connectivity index (χ2n) is 6.58. The van der Waals surface area contributed by atoms with Crippen molar-refractivity contribution in [2.24, 2.45) is 5.92 Å². The van der Waals surface area contributed by atoms with E-state index in [0.717, 1.165) is 18.4 Å². The molecule has 0 spiro atoms. The van der Waals surface area contributed by atoms with E-state index in [9.17, 15) is 9.59 Å². The zero-order valence-electron chi connectivity index (χ0n) is 13.7. The van der Waals surface area contributed by atoms with Gasteiger partial charge in [-0.15, -0.1) is 0 Å². The van der Waals surface area contributed by atoms with Crippen molar-refractivity contribution in [3.8, 4) is 0 Å². The number of hydrogen-bond donors (Lipinski definition) is 0. The first-order valence-corrected chi connectivity index (χ1v) is 9.24. The number of morpholine rings is 1. The maximum absolute atomic E-state index is 12.7. The number of amides is 2. The monoisotopic (exact) mass is 336 g/mol. The standard InChI is InChI=1S/C17H24N2O3S/c1-12-9-19(10-13(2)22-12)16(20)14-3-6-18(7-4-14)17(21)15-5-8-23-11-15/h5,8,11-14H,3-4,6-7,9-10H2,1-2H3/t12-,13-/m1/s1. The van der Waals surface area contributed by atoms with Crippen LogP contribution in [-0.4, -0.2) is 60.0 Å². The molecule has 2 aliphatic heterocycles. The van der Waals surface area contributed by atoms with E-state index in [1.54, 1.807) is 0 Å². The number of likely N-dealkylation sites (tertiary alicyclic amines) is 1. The SMILES string of the molecule is C[C@@H]1CN(C(=O)C2CCN(C(=O)c3ccsc3)CC2)C[C@@H](C)O1. The van der Waals surface area contributed by atoms with Gasteiger partial charge in [0.05, 0.1) is 17.8 Å². The molecule has 0 unspecified atom stereocenters. The average molecular weight is 336 g/mol. The molecule has 3 heterocycles. The Morgan fingerprint density at radius 2 is 1.78 bits per heavy atom. The van der Waals surface area contributed by atoms with Crippen LogP contribution in [0, 0.1) is 5.92 Å². The van der Waals surface area contributed by atoms with Crippen LogP contribution in [0.15, 0.2) is 16.8 Å². The first-order valence-electron chi connectivity index (χ1n) is 8.30. The molecule has 2 saturated heterocycles. The van der Waals surface area contributed by atoms with Crippen LogP contribution in [-0.2, 0) is 9.53 Å². The molecular weight excluding hydrogens is 312 g/mol. The molecule has 0 N–H and O–H groups in total. The molecule has 6 heteroatoms. The van der Waals surface area contributed by atoms with Crippen molar-refractivity contribution in [1.82, 2.24) is 9.80 Å². The molecule has 0 bridgehead atoms.